The normalized spacial score (nSPS) is 26.5. The molecule has 0 spiro atoms. The number of ketones is 2. The number of Topliss-reactive ketones (excluding diaryl/α,β-unsaturated/α-hetero) is 2. The largest absolute Gasteiger partial charge is 0.507 e. The van der Waals surface area contributed by atoms with Gasteiger partial charge in [-0.15, -0.1) is 0 Å². The number of aliphatic hydroxyl groups is 1. The first kappa shape index (κ1) is 28.6. The van der Waals surface area contributed by atoms with Crippen molar-refractivity contribution in [3.63, 3.8) is 0 Å². The Morgan fingerprint density at radius 1 is 1.06 bits per heavy atom. The monoisotopic (exact) mass is 480 g/mol. The number of allylic oxidation sites excluding steroid dienone is 10. The van der Waals surface area contributed by atoms with E-state index in [1.807, 2.05) is 52.8 Å². The number of fused-ring (bicyclic) bond motifs is 1. The molecule has 35 heavy (non-hydrogen) atoms. The van der Waals surface area contributed by atoms with Gasteiger partial charge in [-0.1, -0.05) is 54.9 Å². The quantitative estimate of drug-likeness (QED) is 0.218. The maximum absolute atomic E-state index is 13.9. The first-order chi connectivity index (χ1) is 16.1. The molecular weight excluding hydrogens is 436 g/mol. The van der Waals surface area contributed by atoms with E-state index in [9.17, 15) is 14.7 Å². The van der Waals surface area contributed by atoms with Crippen LogP contribution in [0.15, 0.2) is 69.8 Å². The summed E-state index contributed by atoms with van der Waals surface area (Å²) >= 11 is 0. The minimum Gasteiger partial charge on any atom is -0.507 e. The first-order valence-corrected chi connectivity index (χ1v) is 12.7. The second-order valence-corrected chi connectivity index (χ2v) is 11.5. The number of rotatable bonds is 8. The van der Waals surface area contributed by atoms with Crippen molar-refractivity contribution >= 4 is 11.6 Å². The molecule has 0 unspecified atom stereocenters. The Kier molecular flexibility index (Phi) is 8.97. The van der Waals surface area contributed by atoms with E-state index in [-0.39, 0.29) is 28.8 Å². The zero-order chi connectivity index (χ0) is 26.7. The van der Waals surface area contributed by atoms with Gasteiger partial charge in [-0.2, -0.15) is 0 Å². The van der Waals surface area contributed by atoms with E-state index in [0.717, 1.165) is 12.0 Å². The van der Waals surface area contributed by atoms with Crippen molar-refractivity contribution in [1.82, 2.24) is 0 Å². The Morgan fingerprint density at radius 2 is 1.66 bits per heavy atom. The predicted octanol–water partition coefficient (Wildman–Crippen LogP) is 7.90. The summed E-state index contributed by atoms with van der Waals surface area (Å²) in [6.07, 6.45) is 12.0. The fourth-order valence-corrected chi connectivity index (χ4v) is 4.75. The van der Waals surface area contributed by atoms with E-state index in [1.54, 1.807) is 13.8 Å². The van der Waals surface area contributed by atoms with Gasteiger partial charge in [0.25, 0.3) is 0 Å². The molecule has 0 saturated carbocycles. The van der Waals surface area contributed by atoms with Gasteiger partial charge in [0.1, 0.15) is 22.7 Å². The average molecular weight is 481 g/mol. The minimum absolute atomic E-state index is 0.0114. The lowest BCUT2D eigenvalue weighted by molar-refractivity contribution is -0.139. The van der Waals surface area contributed by atoms with Gasteiger partial charge >= 0.3 is 0 Å². The number of hydrogen-bond donors (Lipinski definition) is 1. The molecule has 1 saturated heterocycles. The molecule has 2 aliphatic rings. The van der Waals surface area contributed by atoms with E-state index in [2.05, 4.69) is 32.9 Å². The fraction of sp³-hybridized carbons (Fsp3) is 0.548. The highest BCUT2D eigenvalue weighted by Gasteiger charge is 2.56. The summed E-state index contributed by atoms with van der Waals surface area (Å²) in [6.45, 7) is 19.6. The third-order valence-electron chi connectivity index (χ3n) is 6.97. The summed E-state index contributed by atoms with van der Waals surface area (Å²) in [7, 11) is 0. The summed E-state index contributed by atoms with van der Waals surface area (Å²) in [5, 5.41) is 11.3. The SMILES string of the molecule is CC(C)=C/C=C/[C@]1(C)OC2=C(CC=C(C)C)C(O)=C(C(=O)C(C)C)C(=O)[C@@]2(C)C[C@H]1CC=C(C)C. The lowest BCUT2D eigenvalue weighted by Crippen LogP contribution is -2.52. The van der Waals surface area contributed by atoms with E-state index >= 15 is 0 Å². The summed E-state index contributed by atoms with van der Waals surface area (Å²) in [5.41, 5.74) is 2.25. The Hall–Kier alpha value is -2.62. The summed E-state index contributed by atoms with van der Waals surface area (Å²) in [6, 6.07) is 0. The van der Waals surface area contributed by atoms with Crippen LogP contribution in [0.4, 0.5) is 0 Å². The zero-order valence-corrected chi connectivity index (χ0v) is 23.3. The van der Waals surface area contributed by atoms with Crippen molar-refractivity contribution in [3.8, 4) is 0 Å². The molecule has 2 rings (SSSR count). The molecule has 4 heteroatoms. The lowest BCUT2D eigenvalue weighted by atomic mass is 9.62. The summed E-state index contributed by atoms with van der Waals surface area (Å²) < 4.78 is 6.76. The molecule has 1 aliphatic heterocycles. The van der Waals surface area contributed by atoms with Gasteiger partial charge in [-0.3, -0.25) is 9.59 Å². The smallest absolute Gasteiger partial charge is 0.183 e. The van der Waals surface area contributed by atoms with E-state index in [0.29, 0.717) is 24.2 Å². The van der Waals surface area contributed by atoms with Crippen molar-refractivity contribution < 1.29 is 19.4 Å². The molecule has 1 N–H and O–H groups in total. The standard InChI is InChI=1S/C31H44O4/c1-19(2)12-11-17-31(10)23(15-13-20(3)4)18-30(9)28(34)25(26(32)22(7)8)27(33)24(29(30)35-31)16-14-21(5)6/h11-14,17,22-23,33H,15-16,18H2,1-10H3/b17-11+/t23-,30-,31+/m1/s1. The van der Waals surface area contributed by atoms with E-state index in [1.165, 1.54) is 11.1 Å². The van der Waals surface area contributed by atoms with Crippen LogP contribution in [-0.4, -0.2) is 22.3 Å². The molecule has 0 bridgehead atoms. The second kappa shape index (κ2) is 11.0. The van der Waals surface area contributed by atoms with Crippen molar-refractivity contribution in [2.75, 3.05) is 0 Å². The van der Waals surface area contributed by atoms with Gasteiger partial charge in [0.05, 0.1) is 5.41 Å². The van der Waals surface area contributed by atoms with Gasteiger partial charge in [0.15, 0.2) is 11.6 Å². The van der Waals surface area contributed by atoms with Crippen molar-refractivity contribution in [3.05, 3.63) is 69.8 Å². The molecule has 4 nitrogen and oxygen atoms in total. The third-order valence-corrected chi connectivity index (χ3v) is 6.97. The predicted molar refractivity (Wildman–Crippen MR) is 144 cm³/mol. The average Bonchev–Trinajstić information content (AvgIpc) is 2.73. The Morgan fingerprint density at radius 3 is 2.17 bits per heavy atom. The van der Waals surface area contributed by atoms with Crippen molar-refractivity contribution in [2.45, 2.75) is 94.1 Å². The van der Waals surface area contributed by atoms with Crippen LogP contribution >= 0.6 is 0 Å². The topological polar surface area (TPSA) is 63.6 Å². The number of carbonyl (C=O) groups excluding carboxylic acids is 2. The highest BCUT2D eigenvalue weighted by molar-refractivity contribution is 6.24. The Labute approximate surface area is 212 Å². The molecule has 0 amide bonds. The molecule has 0 aromatic carbocycles. The van der Waals surface area contributed by atoms with Crippen molar-refractivity contribution in [1.29, 1.82) is 0 Å². The second-order valence-electron chi connectivity index (χ2n) is 11.5. The molecule has 3 atom stereocenters. The van der Waals surface area contributed by atoms with Crippen LogP contribution < -0.4 is 0 Å². The van der Waals surface area contributed by atoms with E-state index in [4.69, 9.17) is 4.74 Å². The van der Waals surface area contributed by atoms with Crippen LogP contribution in [0.1, 0.15) is 88.5 Å². The summed E-state index contributed by atoms with van der Waals surface area (Å²) in [5.74, 6) is -0.763. The van der Waals surface area contributed by atoms with Gasteiger partial charge in [-0.25, -0.2) is 0 Å². The lowest BCUT2D eigenvalue weighted by Gasteiger charge is -2.50. The van der Waals surface area contributed by atoms with E-state index < -0.39 is 16.9 Å². The molecule has 1 fully saturated rings. The maximum atomic E-state index is 13.9. The van der Waals surface area contributed by atoms with Gasteiger partial charge in [0, 0.05) is 17.4 Å². The van der Waals surface area contributed by atoms with Crippen LogP contribution in [0.3, 0.4) is 0 Å². The maximum Gasteiger partial charge on any atom is 0.183 e. The third kappa shape index (κ3) is 6.15. The summed E-state index contributed by atoms with van der Waals surface area (Å²) in [4.78, 5) is 27.0. The Bertz CT molecular complexity index is 1050. The fourth-order valence-electron chi connectivity index (χ4n) is 4.75. The zero-order valence-electron chi connectivity index (χ0n) is 23.3. The number of ether oxygens (including phenoxy) is 1. The Balaban J connectivity index is 2.80. The van der Waals surface area contributed by atoms with Crippen LogP contribution in [0.25, 0.3) is 0 Å². The highest BCUT2D eigenvalue weighted by atomic mass is 16.5. The van der Waals surface area contributed by atoms with Gasteiger partial charge in [0.2, 0.25) is 0 Å². The van der Waals surface area contributed by atoms with Crippen LogP contribution in [0.2, 0.25) is 0 Å². The molecule has 1 aliphatic carbocycles. The molecule has 0 radical (unpaired) electrons. The number of hydrogen-bond acceptors (Lipinski definition) is 4. The molecule has 0 aromatic rings. The molecule has 1 heterocycles. The number of carbonyl (C=O) groups is 2. The van der Waals surface area contributed by atoms with Crippen LogP contribution in [0, 0.1) is 17.3 Å². The van der Waals surface area contributed by atoms with Gasteiger partial charge < -0.3 is 9.84 Å². The molecular formula is C31H44O4. The minimum atomic E-state index is -1.01. The van der Waals surface area contributed by atoms with Crippen molar-refractivity contribution in [2.24, 2.45) is 17.3 Å². The van der Waals surface area contributed by atoms with Crippen LogP contribution in [-0.2, 0) is 14.3 Å². The molecule has 0 aromatic heterocycles. The van der Waals surface area contributed by atoms with Gasteiger partial charge in [-0.05, 0) is 80.7 Å². The first-order valence-electron chi connectivity index (χ1n) is 12.7. The number of aliphatic hydroxyl groups excluding tert-OH is 1. The molecule has 192 valence electrons. The van der Waals surface area contributed by atoms with Crippen LogP contribution in [0.5, 0.6) is 0 Å². The highest BCUT2D eigenvalue weighted by Crippen LogP contribution is 2.55.